The molecular weight excluding hydrogens is 208 g/mol. The topological polar surface area (TPSA) is 29.3 Å². The first-order valence-electron chi connectivity index (χ1n) is 5.42. The fourth-order valence-corrected chi connectivity index (χ4v) is 2.07. The summed E-state index contributed by atoms with van der Waals surface area (Å²) < 4.78 is 0. The molecule has 0 saturated carbocycles. The predicted molar refractivity (Wildman–Crippen MR) is 66.2 cm³/mol. The second kappa shape index (κ2) is 6.11. The van der Waals surface area contributed by atoms with Crippen molar-refractivity contribution in [3.8, 4) is 0 Å². The Morgan fingerprint density at radius 3 is 2.47 bits per heavy atom. The first kappa shape index (κ1) is 12.5. The fourth-order valence-electron chi connectivity index (χ4n) is 1.87. The van der Waals surface area contributed by atoms with Crippen LogP contribution in [0.15, 0.2) is 24.3 Å². The Hall–Kier alpha value is -0.570. The van der Waals surface area contributed by atoms with Gasteiger partial charge < -0.3 is 5.73 Å². The normalized spacial score (nSPS) is 13.1. The molecular formula is C12H19ClN2. The summed E-state index contributed by atoms with van der Waals surface area (Å²) in [6, 6.07) is 8.22. The lowest BCUT2D eigenvalue weighted by Gasteiger charge is -2.29. The molecule has 0 aliphatic heterocycles. The van der Waals surface area contributed by atoms with Gasteiger partial charge in [-0.2, -0.15) is 0 Å². The van der Waals surface area contributed by atoms with E-state index in [4.69, 9.17) is 17.3 Å². The second-order valence-corrected chi connectivity index (χ2v) is 3.96. The smallest absolute Gasteiger partial charge is 0.0470 e. The maximum atomic E-state index is 5.98. The van der Waals surface area contributed by atoms with E-state index in [1.165, 1.54) is 5.56 Å². The lowest BCUT2D eigenvalue weighted by Crippen LogP contribution is -2.33. The quantitative estimate of drug-likeness (QED) is 0.837. The predicted octanol–water partition coefficient (Wildman–Crippen LogP) is 2.68. The first-order valence-corrected chi connectivity index (χ1v) is 5.80. The van der Waals surface area contributed by atoms with E-state index in [0.717, 1.165) is 18.1 Å². The van der Waals surface area contributed by atoms with Gasteiger partial charge in [0.15, 0.2) is 0 Å². The van der Waals surface area contributed by atoms with Crippen LogP contribution in [0.2, 0.25) is 5.02 Å². The molecule has 0 radical (unpaired) electrons. The molecule has 1 atom stereocenters. The van der Waals surface area contributed by atoms with Crippen LogP contribution in [0.1, 0.15) is 25.5 Å². The zero-order valence-electron chi connectivity index (χ0n) is 9.41. The molecule has 84 valence electrons. The first-order chi connectivity index (χ1) is 7.22. The number of halogens is 1. The van der Waals surface area contributed by atoms with Gasteiger partial charge in [-0.05, 0) is 30.8 Å². The minimum absolute atomic E-state index is 0.277. The van der Waals surface area contributed by atoms with Crippen molar-refractivity contribution >= 4 is 11.6 Å². The molecule has 0 aliphatic carbocycles. The van der Waals surface area contributed by atoms with Crippen molar-refractivity contribution in [2.75, 3.05) is 19.6 Å². The van der Waals surface area contributed by atoms with Crippen LogP contribution in [0.5, 0.6) is 0 Å². The van der Waals surface area contributed by atoms with Crippen LogP contribution in [-0.2, 0) is 0 Å². The van der Waals surface area contributed by atoms with E-state index in [0.29, 0.717) is 6.54 Å². The average Bonchev–Trinajstić information content (AvgIpc) is 2.25. The van der Waals surface area contributed by atoms with E-state index in [2.05, 4.69) is 24.8 Å². The average molecular weight is 227 g/mol. The lowest BCUT2D eigenvalue weighted by molar-refractivity contribution is 0.224. The van der Waals surface area contributed by atoms with Gasteiger partial charge in [0.2, 0.25) is 0 Å². The van der Waals surface area contributed by atoms with Gasteiger partial charge in [-0.15, -0.1) is 0 Å². The Bertz CT molecular complexity index is 297. The molecule has 1 rings (SSSR count). The molecule has 1 aromatic carbocycles. The fraction of sp³-hybridized carbons (Fsp3) is 0.500. The standard InChI is InChI=1S/C12H19ClN2/c1-3-15(4-2)12(9-14)10-6-5-7-11(13)8-10/h5-8,12H,3-4,9,14H2,1-2H3. The van der Waals surface area contributed by atoms with E-state index in [-0.39, 0.29) is 6.04 Å². The molecule has 1 aromatic rings. The summed E-state index contributed by atoms with van der Waals surface area (Å²) in [6.07, 6.45) is 0. The summed E-state index contributed by atoms with van der Waals surface area (Å²) in [6.45, 7) is 6.94. The summed E-state index contributed by atoms with van der Waals surface area (Å²) in [5.41, 5.74) is 7.02. The molecule has 0 fully saturated rings. The van der Waals surface area contributed by atoms with Crippen LogP contribution in [-0.4, -0.2) is 24.5 Å². The van der Waals surface area contributed by atoms with Gasteiger partial charge in [-0.1, -0.05) is 37.6 Å². The number of hydrogen-bond acceptors (Lipinski definition) is 2. The van der Waals surface area contributed by atoms with Crippen molar-refractivity contribution in [1.82, 2.24) is 4.90 Å². The minimum Gasteiger partial charge on any atom is -0.329 e. The third-order valence-electron chi connectivity index (χ3n) is 2.71. The minimum atomic E-state index is 0.277. The molecule has 3 heteroatoms. The molecule has 0 spiro atoms. The van der Waals surface area contributed by atoms with Gasteiger partial charge in [0.25, 0.3) is 0 Å². The van der Waals surface area contributed by atoms with Crippen molar-refractivity contribution < 1.29 is 0 Å². The summed E-state index contributed by atoms with van der Waals surface area (Å²) in [5.74, 6) is 0. The Labute approximate surface area is 97.0 Å². The van der Waals surface area contributed by atoms with Crippen molar-refractivity contribution in [1.29, 1.82) is 0 Å². The van der Waals surface area contributed by atoms with E-state index >= 15 is 0 Å². The van der Waals surface area contributed by atoms with Crippen LogP contribution >= 0.6 is 11.6 Å². The highest BCUT2D eigenvalue weighted by atomic mass is 35.5. The summed E-state index contributed by atoms with van der Waals surface area (Å²) in [4.78, 5) is 2.34. The van der Waals surface area contributed by atoms with E-state index in [1.54, 1.807) is 0 Å². The molecule has 2 N–H and O–H groups in total. The maximum absolute atomic E-state index is 5.98. The van der Waals surface area contributed by atoms with Gasteiger partial charge >= 0.3 is 0 Å². The van der Waals surface area contributed by atoms with Crippen LogP contribution in [0.3, 0.4) is 0 Å². The van der Waals surface area contributed by atoms with Gasteiger partial charge in [0.1, 0.15) is 0 Å². The molecule has 1 unspecified atom stereocenters. The highest BCUT2D eigenvalue weighted by Crippen LogP contribution is 2.22. The summed E-state index contributed by atoms with van der Waals surface area (Å²) in [5, 5.41) is 0.776. The number of rotatable bonds is 5. The molecule has 0 saturated heterocycles. The van der Waals surface area contributed by atoms with Gasteiger partial charge in [-0.25, -0.2) is 0 Å². The Morgan fingerprint density at radius 1 is 1.33 bits per heavy atom. The molecule has 0 amide bonds. The summed E-state index contributed by atoms with van der Waals surface area (Å²) >= 11 is 5.98. The highest BCUT2D eigenvalue weighted by molar-refractivity contribution is 6.30. The number of nitrogens with zero attached hydrogens (tertiary/aromatic N) is 1. The monoisotopic (exact) mass is 226 g/mol. The Balaban J connectivity index is 2.90. The zero-order valence-corrected chi connectivity index (χ0v) is 10.2. The van der Waals surface area contributed by atoms with Crippen molar-refractivity contribution in [2.24, 2.45) is 5.73 Å². The van der Waals surface area contributed by atoms with Crippen LogP contribution in [0.4, 0.5) is 0 Å². The summed E-state index contributed by atoms with van der Waals surface area (Å²) in [7, 11) is 0. The number of nitrogens with two attached hydrogens (primary N) is 1. The van der Waals surface area contributed by atoms with Gasteiger partial charge in [0.05, 0.1) is 0 Å². The SMILES string of the molecule is CCN(CC)C(CN)c1cccc(Cl)c1. The third kappa shape index (κ3) is 3.20. The largest absolute Gasteiger partial charge is 0.329 e. The number of hydrogen-bond donors (Lipinski definition) is 1. The van der Waals surface area contributed by atoms with Crippen molar-refractivity contribution in [3.63, 3.8) is 0 Å². The van der Waals surface area contributed by atoms with Gasteiger partial charge in [0, 0.05) is 17.6 Å². The van der Waals surface area contributed by atoms with E-state index < -0.39 is 0 Å². The highest BCUT2D eigenvalue weighted by Gasteiger charge is 2.15. The Morgan fingerprint density at radius 2 is 2.00 bits per heavy atom. The zero-order chi connectivity index (χ0) is 11.3. The van der Waals surface area contributed by atoms with Crippen LogP contribution in [0, 0.1) is 0 Å². The van der Waals surface area contributed by atoms with Crippen LogP contribution in [0.25, 0.3) is 0 Å². The molecule has 0 heterocycles. The molecule has 2 nitrogen and oxygen atoms in total. The van der Waals surface area contributed by atoms with Crippen molar-refractivity contribution in [3.05, 3.63) is 34.9 Å². The third-order valence-corrected chi connectivity index (χ3v) is 2.94. The number of benzene rings is 1. The van der Waals surface area contributed by atoms with E-state index in [9.17, 15) is 0 Å². The van der Waals surface area contributed by atoms with E-state index in [1.807, 2.05) is 18.2 Å². The maximum Gasteiger partial charge on any atom is 0.0470 e. The molecule has 0 aromatic heterocycles. The van der Waals surface area contributed by atoms with Crippen molar-refractivity contribution in [2.45, 2.75) is 19.9 Å². The Kier molecular flexibility index (Phi) is 5.09. The molecule has 15 heavy (non-hydrogen) atoms. The van der Waals surface area contributed by atoms with Crippen LogP contribution < -0.4 is 5.73 Å². The number of likely N-dealkylation sites (N-methyl/N-ethyl adjacent to an activating group) is 1. The second-order valence-electron chi connectivity index (χ2n) is 3.53. The molecule has 0 aliphatic rings. The van der Waals surface area contributed by atoms with Gasteiger partial charge in [-0.3, -0.25) is 4.90 Å². The molecule has 0 bridgehead atoms. The lowest BCUT2D eigenvalue weighted by atomic mass is 10.1.